The molecule has 0 radical (unpaired) electrons. The van der Waals surface area contributed by atoms with Gasteiger partial charge in [0.15, 0.2) is 5.11 Å². The highest BCUT2D eigenvalue weighted by Crippen LogP contribution is 2.34. The van der Waals surface area contributed by atoms with Crippen molar-refractivity contribution in [2.24, 2.45) is 0 Å². The molecule has 2 N–H and O–H groups in total. The van der Waals surface area contributed by atoms with Crippen LogP contribution >= 0.6 is 46.8 Å². The molecule has 0 fully saturated rings. The van der Waals surface area contributed by atoms with Crippen LogP contribution in [0.5, 0.6) is 0 Å². The maximum atomic E-state index is 12.2. The molecule has 32 heavy (non-hydrogen) atoms. The second kappa shape index (κ2) is 10.3. The number of methoxy groups -OCH3 is 2. The van der Waals surface area contributed by atoms with Crippen molar-refractivity contribution in [3.05, 3.63) is 56.1 Å². The first-order valence-corrected chi connectivity index (χ1v) is 10.9. The summed E-state index contributed by atoms with van der Waals surface area (Å²) in [6.07, 6.45) is 1.50. The highest BCUT2D eigenvalue weighted by molar-refractivity contribution is 7.80. The van der Waals surface area contributed by atoms with E-state index in [2.05, 4.69) is 20.7 Å². The van der Waals surface area contributed by atoms with Crippen molar-refractivity contribution in [1.82, 2.24) is 14.8 Å². The lowest BCUT2D eigenvalue weighted by Gasteiger charge is -2.08. The van der Waals surface area contributed by atoms with E-state index >= 15 is 0 Å². The molecule has 2 heterocycles. The zero-order chi connectivity index (χ0) is 23.4. The highest BCUT2D eigenvalue weighted by Gasteiger charge is 2.26. The quantitative estimate of drug-likeness (QED) is 0.366. The maximum Gasteiger partial charge on any atom is 0.348 e. The third-order valence-electron chi connectivity index (χ3n) is 4.28. The number of nitrogens with zero attached hydrogens (tertiary/aromatic N) is 3. The molecule has 0 aliphatic heterocycles. The third-order valence-corrected chi connectivity index (χ3v) is 6.38. The molecule has 0 unspecified atom stereocenters. The number of hydrogen-bond donors (Lipinski definition) is 2. The largest absolute Gasteiger partial charge is 0.465 e. The van der Waals surface area contributed by atoms with Gasteiger partial charge in [-0.3, -0.25) is 5.32 Å². The van der Waals surface area contributed by atoms with Crippen molar-refractivity contribution in [2.75, 3.05) is 24.9 Å². The molecule has 0 bridgehead atoms. The Hall–Kier alpha value is -2.73. The van der Waals surface area contributed by atoms with E-state index in [9.17, 15) is 9.59 Å². The zero-order valence-electron chi connectivity index (χ0n) is 17.1. The molecule has 168 valence electrons. The molecule has 2 aromatic heterocycles. The van der Waals surface area contributed by atoms with Crippen LogP contribution in [0, 0.1) is 6.92 Å². The first-order valence-electron chi connectivity index (χ1n) is 8.95. The molecule has 0 atom stereocenters. The van der Waals surface area contributed by atoms with E-state index in [1.54, 1.807) is 29.8 Å². The average Bonchev–Trinajstić information content (AvgIpc) is 3.33. The Balaban J connectivity index is 1.75. The molecule has 3 rings (SSSR count). The van der Waals surface area contributed by atoms with Gasteiger partial charge in [-0.25, -0.2) is 19.3 Å². The molecule has 1 aromatic carbocycles. The Morgan fingerprint density at radius 3 is 2.44 bits per heavy atom. The van der Waals surface area contributed by atoms with Crippen molar-refractivity contribution in [3.63, 3.8) is 0 Å². The van der Waals surface area contributed by atoms with E-state index < -0.39 is 11.9 Å². The van der Waals surface area contributed by atoms with Crippen LogP contribution in [-0.4, -0.2) is 46.0 Å². The van der Waals surface area contributed by atoms with Gasteiger partial charge in [-0.15, -0.1) is 16.4 Å². The molecule has 9 nitrogen and oxygen atoms in total. The summed E-state index contributed by atoms with van der Waals surface area (Å²) in [5.74, 6) is -0.965. The summed E-state index contributed by atoms with van der Waals surface area (Å²) in [7, 11) is 2.51. The maximum absolute atomic E-state index is 12.2. The standard InChI is InChI=1S/C19H17Cl2N5O4S2/c1-9-13(16(27)29-2)15(32-14(9)17(28)30-3)23-19(31)24-18-22-8-26(25-18)7-10-11(20)5-4-6-12(10)21/h4-6,8H,7H2,1-3H3,(H2,23,24,25,31). The van der Waals surface area contributed by atoms with E-state index in [0.717, 1.165) is 11.3 Å². The number of hydrogen-bond acceptors (Lipinski definition) is 8. The van der Waals surface area contributed by atoms with Gasteiger partial charge in [0.05, 0.1) is 26.3 Å². The molecular formula is C19H17Cl2N5O4S2. The zero-order valence-corrected chi connectivity index (χ0v) is 20.2. The second-order valence-electron chi connectivity index (χ2n) is 6.29. The number of halogens is 2. The highest BCUT2D eigenvalue weighted by atomic mass is 35.5. The van der Waals surface area contributed by atoms with Gasteiger partial charge in [-0.05, 0) is 36.8 Å². The summed E-state index contributed by atoms with van der Waals surface area (Å²) in [6.45, 7) is 1.94. The number of thiocarbonyl (C=S) groups is 1. The number of aromatic nitrogens is 3. The SMILES string of the molecule is COC(=O)c1sc(NC(=S)Nc2ncn(Cc3c(Cl)cccc3Cl)n2)c(C(=O)OC)c1C. The number of nitrogens with one attached hydrogen (secondary N) is 2. The summed E-state index contributed by atoms with van der Waals surface area (Å²) in [6, 6.07) is 5.23. The van der Waals surface area contributed by atoms with Crippen molar-refractivity contribution >= 4 is 74.8 Å². The van der Waals surface area contributed by atoms with Crippen LogP contribution in [0.15, 0.2) is 24.5 Å². The smallest absolute Gasteiger partial charge is 0.348 e. The lowest BCUT2D eigenvalue weighted by atomic mass is 10.1. The number of carbonyl (C=O) groups excluding carboxylic acids is 2. The number of benzene rings is 1. The van der Waals surface area contributed by atoms with E-state index in [1.807, 2.05) is 0 Å². The van der Waals surface area contributed by atoms with E-state index in [1.165, 1.54) is 20.5 Å². The number of rotatable bonds is 6. The molecule has 0 saturated carbocycles. The van der Waals surface area contributed by atoms with Crippen LogP contribution in [0.1, 0.15) is 31.2 Å². The van der Waals surface area contributed by atoms with Crippen molar-refractivity contribution in [2.45, 2.75) is 13.5 Å². The van der Waals surface area contributed by atoms with Crippen molar-refractivity contribution in [3.8, 4) is 0 Å². The molecule has 0 aliphatic rings. The molecule has 0 spiro atoms. The summed E-state index contributed by atoms with van der Waals surface area (Å²) < 4.78 is 11.1. The first-order chi connectivity index (χ1) is 15.2. The normalized spacial score (nSPS) is 10.5. The summed E-state index contributed by atoms with van der Waals surface area (Å²) in [5.41, 5.74) is 1.33. The molecule has 0 amide bonds. The van der Waals surface area contributed by atoms with Crippen LogP contribution in [0.25, 0.3) is 0 Å². The minimum absolute atomic E-state index is 0.112. The molecule has 3 aromatic rings. The van der Waals surface area contributed by atoms with Gasteiger partial charge in [0.25, 0.3) is 0 Å². The monoisotopic (exact) mass is 513 g/mol. The van der Waals surface area contributed by atoms with Gasteiger partial charge in [-0.1, -0.05) is 29.3 Å². The number of thiophene rings is 1. The molecular weight excluding hydrogens is 497 g/mol. The van der Waals surface area contributed by atoms with Gasteiger partial charge in [0, 0.05) is 15.6 Å². The van der Waals surface area contributed by atoms with Crippen LogP contribution in [-0.2, 0) is 16.0 Å². The van der Waals surface area contributed by atoms with Crippen LogP contribution in [0.3, 0.4) is 0 Å². The van der Waals surface area contributed by atoms with E-state index in [-0.39, 0.29) is 21.5 Å². The lowest BCUT2D eigenvalue weighted by molar-refractivity contribution is 0.0601. The predicted octanol–water partition coefficient (Wildman–Crippen LogP) is 4.39. The summed E-state index contributed by atoms with van der Waals surface area (Å²) >= 11 is 18.7. The van der Waals surface area contributed by atoms with Crippen LogP contribution in [0.4, 0.5) is 10.9 Å². The Kier molecular flexibility index (Phi) is 7.67. The van der Waals surface area contributed by atoms with Crippen LogP contribution < -0.4 is 10.6 Å². The van der Waals surface area contributed by atoms with Crippen molar-refractivity contribution in [1.29, 1.82) is 0 Å². The van der Waals surface area contributed by atoms with E-state index in [0.29, 0.717) is 32.7 Å². The Morgan fingerprint density at radius 2 is 1.81 bits per heavy atom. The van der Waals surface area contributed by atoms with Gasteiger partial charge in [0.2, 0.25) is 5.95 Å². The fourth-order valence-corrected chi connectivity index (χ4v) is 4.64. The third kappa shape index (κ3) is 5.18. The average molecular weight is 514 g/mol. The van der Waals surface area contributed by atoms with Gasteiger partial charge in [0.1, 0.15) is 16.2 Å². The second-order valence-corrected chi connectivity index (χ2v) is 8.53. The van der Waals surface area contributed by atoms with Gasteiger partial charge >= 0.3 is 11.9 Å². The number of esters is 2. The fraction of sp³-hybridized carbons (Fsp3) is 0.211. The molecule has 0 saturated heterocycles. The number of ether oxygens (including phenoxy) is 2. The first kappa shape index (κ1) is 23.9. The lowest BCUT2D eigenvalue weighted by Crippen LogP contribution is -2.21. The van der Waals surface area contributed by atoms with Gasteiger partial charge < -0.3 is 14.8 Å². The topological polar surface area (TPSA) is 107 Å². The fourth-order valence-electron chi connectivity index (χ4n) is 2.75. The Labute approximate surface area is 202 Å². The number of anilines is 2. The van der Waals surface area contributed by atoms with Crippen molar-refractivity contribution < 1.29 is 19.1 Å². The summed E-state index contributed by atoms with van der Waals surface area (Å²) in [5, 5.41) is 11.5. The van der Waals surface area contributed by atoms with E-state index in [4.69, 9.17) is 44.9 Å². The van der Waals surface area contributed by atoms with Crippen LogP contribution in [0.2, 0.25) is 10.0 Å². The van der Waals surface area contributed by atoms with Gasteiger partial charge in [-0.2, -0.15) is 0 Å². The minimum Gasteiger partial charge on any atom is -0.465 e. The Bertz CT molecular complexity index is 1170. The predicted molar refractivity (Wildman–Crippen MR) is 127 cm³/mol. The summed E-state index contributed by atoms with van der Waals surface area (Å²) in [4.78, 5) is 28.7. The number of carbonyl (C=O) groups is 2. The Morgan fingerprint density at radius 1 is 1.16 bits per heavy atom. The molecule has 13 heteroatoms. The minimum atomic E-state index is -0.613. The molecule has 0 aliphatic carbocycles.